The van der Waals surface area contributed by atoms with Crippen LogP contribution in [0.1, 0.15) is 10.4 Å². The van der Waals surface area contributed by atoms with Gasteiger partial charge in [-0.25, -0.2) is 9.97 Å². The van der Waals surface area contributed by atoms with Crippen LogP contribution < -0.4 is 11.1 Å². The van der Waals surface area contributed by atoms with E-state index in [2.05, 4.69) is 15.3 Å². The van der Waals surface area contributed by atoms with Crippen LogP contribution in [0.3, 0.4) is 0 Å². The first-order valence-electron chi connectivity index (χ1n) is 8.18. The van der Waals surface area contributed by atoms with Gasteiger partial charge in [0.15, 0.2) is 0 Å². The number of hydrogen-bond acceptors (Lipinski definition) is 4. The molecule has 5 heteroatoms. The van der Waals surface area contributed by atoms with Gasteiger partial charge in [0.1, 0.15) is 12.1 Å². The highest BCUT2D eigenvalue weighted by atomic mass is 16.1. The molecule has 5 nitrogen and oxygen atoms in total. The zero-order valence-electron chi connectivity index (χ0n) is 13.9. The maximum absolute atomic E-state index is 12.3. The lowest BCUT2D eigenvalue weighted by atomic mass is 10.0. The van der Waals surface area contributed by atoms with Gasteiger partial charge < -0.3 is 11.1 Å². The van der Waals surface area contributed by atoms with E-state index in [1.54, 1.807) is 12.1 Å². The highest BCUT2D eigenvalue weighted by Crippen LogP contribution is 2.27. The molecule has 0 atom stereocenters. The fourth-order valence-corrected chi connectivity index (χ4v) is 2.83. The molecular formula is C21H16N4O. The standard InChI is InChI=1S/C21H16N4O/c22-20-18-12-16(9-10-19(18)23-13-24-20)15-7-4-8-17(11-15)25-21(26)14-5-2-1-3-6-14/h1-13H,(H,25,26)(H2,22,23,24). The number of carbonyl (C=O) groups is 1. The SMILES string of the molecule is Nc1ncnc2ccc(-c3cccc(NC(=O)c4ccccc4)c3)cc12. The first-order valence-corrected chi connectivity index (χ1v) is 8.18. The second-order valence-electron chi connectivity index (χ2n) is 5.89. The van der Waals surface area contributed by atoms with Crippen LogP contribution in [0.4, 0.5) is 11.5 Å². The molecule has 0 spiro atoms. The number of nitrogen functional groups attached to an aromatic ring is 1. The maximum Gasteiger partial charge on any atom is 0.255 e. The van der Waals surface area contributed by atoms with Crippen LogP contribution in [-0.4, -0.2) is 15.9 Å². The van der Waals surface area contributed by atoms with Crippen molar-refractivity contribution in [3.8, 4) is 11.1 Å². The summed E-state index contributed by atoms with van der Waals surface area (Å²) in [4.78, 5) is 20.6. The summed E-state index contributed by atoms with van der Waals surface area (Å²) in [6.07, 6.45) is 1.46. The van der Waals surface area contributed by atoms with Gasteiger partial charge in [0.25, 0.3) is 5.91 Å². The Morgan fingerprint density at radius 1 is 0.846 bits per heavy atom. The van der Waals surface area contributed by atoms with Gasteiger partial charge in [0.05, 0.1) is 5.52 Å². The second-order valence-corrected chi connectivity index (χ2v) is 5.89. The van der Waals surface area contributed by atoms with E-state index < -0.39 is 0 Å². The van der Waals surface area contributed by atoms with Gasteiger partial charge in [0, 0.05) is 16.6 Å². The molecule has 0 radical (unpaired) electrons. The number of amides is 1. The summed E-state index contributed by atoms with van der Waals surface area (Å²) in [7, 11) is 0. The number of benzene rings is 3. The minimum atomic E-state index is -0.140. The number of fused-ring (bicyclic) bond motifs is 1. The Hall–Kier alpha value is -3.73. The number of anilines is 2. The van der Waals surface area contributed by atoms with Crippen molar-refractivity contribution in [2.45, 2.75) is 0 Å². The fourth-order valence-electron chi connectivity index (χ4n) is 2.83. The molecule has 1 amide bonds. The van der Waals surface area contributed by atoms with Gasteiger partial charge in [-0.3, -0.25) is 4.79 Å². The van der Waals surface area contributed by atoms with E-state index in [4.69, 9.17) is 5.73 Å². The van der Waals surface area contributed by atoms with Crippen molar-refractivity contribution in [3.63, 3.8) is 0 Å². The molecule has 0 aliphatic carbocycles. The number of rotatable bonds is 3. The van der Waals surface area contributed by atoms with Crippen molar-refractivity contribution in [1.29, 1.82) is 0 Å². The molecular weight excluding hydrogens is 324 g/mol. The highest BCUT2D eigenvalue weighted by Gasteiger charge is 2.07. The van der Waals surface area contributed by atoms with Gasteiger partial charge >= 0.3 is 0 Å². The normalized spacial score (nSPS) is 10.6. The first kappa shape index (κ1) is 15.8. The van der Waals surface area contributed by atoms with Gasteiger partial charge in [0.2, 0.25) is 0 Å². The lowest BCUT2D eigenvalue weighted by Crippen LogP contribution is -2.11. The van der Waals surface area contributed by atoms with Crippen LogP contribution in [-0.2, 0) is 0 Å². The van der Waals surface area contributed by atoms with E-state index in [9.17, 15) is 4.79 Å². The number of hydrogen-bond donors (Lipinski definition) is 2. The van der Waals surface area contributed by atoms with E-state index in [0.29, 0.717) is 11.4 Å². The van der Waals surface area contributed by atoms with Crippen molar-refractivity contribution in [1.82, 2.24) is 9.97 Å². The van der Waals surface area contributed by atoms with E-state index in [-0.39, 0.29) is 5.91 Å². The van der Waals surface area contributed by atoms with Crippen molar-refractivity contribution >= 4 is 28.3 Å². The summed E-state index contributed by atoms with van der Waals surface area (Å²) in [5, 5.41) is 3.74. The fraction of sp³-hybridized carbons (Fsp3) is 0. The van der Waals surface area contributed by atoms with E-state index in [1.807, 2.05) is 60.7 Å². The average Bonchev–Trinajstić information content (AvgIpc) is 2.69. The van der Waals surface area contributed by atoms with Crippen molar-refractivity contribution in [2.24, 2.45) is 0 Å². The molecule has 0 aliphatic rings. The quantitative estimate of drug-likeness (QED) is 0.587. The van der Waals surface area contributed by atoms with Crippen LogP contribution >= 0.6 is 0 Å². The van der Waals surface area contributed by atoms with Crippen molar-refractivity contribution in [3.05, 3.63) is 84.7 Å². The van der Waals surface area contributed by atoms with Crippen LogP contribution in [0, 0.1) is 0 Å². The Morgan fingerprint density at radius 2 is 1.65 bits per heavy atom. The van der Waals surface area contributed by atoms with Crippen molar-refractivity contribution < 1.29 is 4.79 Å². The van der Waals surface area contributed by atoms with Gasteiger partial charge in [-0.15, -0.1) is 0 Å². The zero-order valence-corrected chi connectivity index (χ0v) is 13.9. The summed E-state index contributed by atoms with van der Waals surface area (Å²) < 4.78 is 0. The molecule has 4 rings (SSSR count). The summed E-state index contributed by atoms with van der Waals surface area (Å²) in [5.41, 5.74) is 10.1. The number of carbonyl (C=O) groups excluding carboxylic acids is 1. The summed E-state index contributed by atoms with van der Waals surface area (Å²) in [5.74, 6) is 0.310. The highest BCUT2D eigenvalue weighted by molar-refractivity contribution is 6.04. The van der Waals surface area contributed by atoms with E-state index in [1.165, 1.54) is 6.33 Å². The molecule has 26 heavy (non-hydrogen) atoms. The molecule has 1 heterocycles. The minimum absolute atomic E-state index is 0.140. The number of nitrogens with one attached hydrogen (secondary N) is 1. The monoisotopic (exact) mass is 340 g/mol. The molecule has 4 aromatic rings. The molecule has 126 valence electrons. The second kappa shape index (κ2) is 6.64. The average molecular weight is 340 g/mol. The van der Waals surface area contributed by atoms with Crippen molar-refractivity contribution in [2.75, 3.05) is 11.1 Å². The first-order chi connectivity index (χ1) is 12.7. The predicted octanol–water partition coefficient (Wildman–Crippen LogP) is 4.13. The molecule has 0 saturated carbocycles. The third-order valence-corrected chi connectivity index (χ3v) is 4.16. The molecule has 0 fully saturated rings. The van der Waals surface area contributed by atoms with Gasteiger partial charge in [-0.05, 0) is 47.5 Å². The molecule has 0 saturated heterocycles. The van der Waals surface area contributed by atoms with Gasteiger partial charge in [-0.1, -0.05) is 36.4 Å². The lowest BCUT2D eigenvalue weighted by molar-refractivity contribution is 0.102. The third-order valence-electron chi connectivity index (χ3n) is 4.16. The summed E-state index contributed by atoms with van der Waals surface area (Å²) >= 11 is 0. The largest absolute Gasteiger partial charge is 0.383 e. The maximum atomic E-state index is 12.3. The van der Waals surface area contributed by atoms with E-state index >= 15 is 0 Å². The molecule has 0 bridgehead atoms. The van der Waals surface area contributed by atoms with Crippen LogP contribution in [0.25, 0.3) is 22.0 Å². The topological polar surface area (TPSA) is 80.9 Å². The molecule has 0 aliphatic heterocycles. The Labute approximate surface area is 150 Å². The smallest absolute Gasteiger partial charge is 0.255 e. The third kappa shape index (κ3) is 3.10. The Morgan fingerprint density at radius 3 is 2.50 bits per heavy atom. The van der Waals surface area contributed by atoms with Gasteiger partial charge in [-0.2, -0.15) is 0 Å². The molecule has 0 unspecified atom stereocenters. The zero-order chi connectivity index (χ0) is 17.9. The van der Waals surface area contributed by atoms with E-state index in [0.717, 1.165) is 27.7 Å². The Kier molecular flexibility index (Phi) is 4.03. The molecule has 3 aromatic carbocycles. The predicted molar refractivity (Wildman–Crippen MR) is 104 cm³/mol. The summed E-state index contributed by atoms with van der Waals surface area (Å²) in [6, 6.07) is 22.7. The number of nitrogens with zero attached hydrogens (tertiary/aromatic N) is 2. The Balaban J connectivity index is 1.66. The summed E-state index contributed by atoms with van der Waals surface area (Å²) in [6.45, 7) is 0. The lowest BCUT2D eigenvalue weighted by Gasteiger charge is -2.09. The minimum Gasteiger partial charge on any atom is -0.383 e. The number of nitrogens with two attached hydrogens (primary N) is 1. The molecule has 3 N–H and O–H groups in total. The Bertz CT molecular complexity index is 1090. The van der Waals surface area contributed by atoms with Crippen LogP contribution in [0.15, 0.2) is 79.1 Å². The number of aromatic nitrogens is 2. The molecule has 1 aromatic heterocycles. The van der Waals surface area contributed by atoms with Crippen LogP contribution in [0.2, 0.25) is 0 Å². The van der Waals surface area contributed by atoms with Crippen LogP contribution in [0.5, 0.6) is 0 Å².